The summed E-state index contributed by atoms with van der Waals surface area (Å²) in [6, 6.07) is 3.92. The Morgan fingerprint density at radius 3 is 2.21 bits per heavy atom. The summed E-state index contributed by atoms with van der Waals surface area (Å²) in [5, 5.41) is 19.3. The van der Waals surface area contributed by atoms with Crippen LogP contribution in [0.3, 0.4) is 0 Å². The summed E-state index contributed by atoms with van der Waals surface area (Å²) >= 11 is 0. The second kappa shape index (κ2) is 15.9. The molecule has 0 aromatic heterocycles. The lowest BCUT2D eigenvalue weighted by Gasteiger charge is -2.34. The van der Waals surface area contributed by atoms with Gasteiger partial charge in [-0.2, -0.15) is 0 Å². The summed E-state index contributed by atoms with van der Waals surface area (Å²) in [5.74, 6) is -5.58. The Labute approximate surface area is 243 Å². The highest BCUT2D eigenvalue weighted by atomic mass is 16.4. The number of aliphatic carboxylic acids is 1. The molecule has 1 aliphatic heterocycles. The van der Waals surface area contributed by atoms with Crippen molar-refractivity contribution in [2.75, 3.05) is 20.1 Å². The SMILES string of the molecule is CC(C)C1C(=O)N[C@@H](CCCN=C(N)N)C(=O)NCC(=O)N[C@@H](CC(=O)O)C(=O)N[C@H](Cc2ccccc2)C(=O)N1C. The fraction of sp³-hybridized carbons (Fsp3) is 0.519. The second-order valence-corrected chi connectivity index (χ2v) is 10.3. The van der Waals surface area contributed by atoms with Gasteiger partial charge < -0.3 is 42.7 Å². The van der Waals surface area contributed by atoms with Crippen molar-refractivity contribution in [1.29, 1.82) is 0 Å². The standard InChI is InChI=1S/C27H40N8O7/c1-15(2)22-25(41)33-17(10-7-11-30-27(28)29)23(39)31-14-20(36)32-18(13-21(37)38)24(40)34-19(26(42)35(22)3)12-16-8-5-4-6-9-16/h4-6,8-9,15,17-19,22H,7,10-14H2,1-3H3,(H,31,39)(H,32,36)(H,33,41)(H,34,40)(H,37,38)(H4,28,29,30)/t17-,18-,19+,22?/m0/s1. The molecule has 0 aliphatic carbocycles. The minimum Gasteiger partial charge on any atom is -0.481 e. The highest BCUT2D eigenvalue weighted by Crippen LogP contribution is 2.15. The Morgan fingerprint density at radius 2 is 1.62 bits per heavy atom. The molecule has 1 fully saturated rings. The quantitative estimate of drug-likeness (QED) is 0.0942. The van der Waals surface area contributed by atoms with Crippen LogP contribution in [0.4, 0.5) is 0 Å². The van der Waals surface area contributed by atoms with Gasteiger partial charge in [0.25, 0.3) is 0 Å². The van der Waals surface area contributed by atoms with Gasteiger partial charge in [-0.05, 0) is 24.3 Å². The van der Waals surface area contributed by atoms with E-state index in [0.717, 1.165) is 0 Å². The van der Waals surface area contributed by atoms with Gasteiger partial charge in [0.1, 0.15) is 24.2 Å². The van der Waals surface area contributed by atoms with Crippen LogP contribution in [0.5, 0.6) is 0 Å². The number of benzene rings is 1. The average molecular weight is 589 g/mol. The molecule has 4 atom stereocenters. The van der Waals surface area contributed by atoms with Crippen LogP contribution in [0.2, 0.25) is 0 Å². The highest BCUT2D eigenvalue weighted by molar-refractivity contribution is 5.98. The summed E-state index contributed by atoms with van der Waals surface area (Å²) in [4.78, 5) is 82.8. The van der Waals surface area contributed by atoms with Crippen LogP contribution in [0.1, 0.15) is 38.7 Å². The molecular formula is C27H40N8O7. The number of carboxylic acid groups (broad SMARTS) is 1. The molecule has 0 saturated carbocycles. The third-order valence-electron chi connectivity index (χ3n) is 6.59. The molecule has 5 amide bonds. The first-order valence-corrected chi connectivity index (χ1v) is 13.6. The largest absolute Gasteiger partial charge is 0.481 e. The van der Waals surface area contributed by atoms with Gasteiger partial charge in [-0.3, -0.25) is 33.8 Å². The lowest BCUT2D eigenvalue weighted by molar-refractivity contribution is -0.144. The third kappa shape index (κ3) is 10.4. The van der Waals surface area contributed by atoms with Crippen LogP contribution in [0, 0.1) is 5.92 Å². The molecule has 42 heavy (non-hydrogen) atoms. The van der Waals surface area contributed by atoms with E-state index in [4.69, 9.17) is 11.5 Å². The van der Waals surface area contributed by atoms with Crippen molar-refractivity contribution < 1.29 is 33.9 Å². The van der Waals surface area contributed by atoms with Crippen molar-refractivity contribution in [2.45, 2.75) is 63.7 Å². The van der Waals surface area contributed by atoms with E-state index in [9.17, 15) is 33.9 Å². The molecule has 1 aromatic rings. The van der Waals surface area contributed by atoms with E-state index in [2.05, 4.69) is 26.3 Å². The molecule has 15 nitrogen and oxygen atoms in total. The van der Waals surface area contributed by atoms with Crippen molar-refractivity contribution >= 4 is 41.5 Å². The maximum Gasteiger partial charge on any atom is 0.305 e. The lowest BCUT2D eigenvalue weighted by atomic mass is 9.98. The molecule has 15 heteroatoms. The number of nitrogens with zero attached hydrogens (tertiary/aromatic N) is 2. The van der Waals surface area contributed by atoms with Crippen LogP contribution in [-0.4, -0.2) is 95.8 Å². The van der Waals surface area contributed by atoms with Crippen molar-refractivity contribution in [3.63, 3.8) is 0 Å². The summed E-state index contributed by atoms with van der Waals surface area (Å²) in [5.41, 5.74) is 11.4. The fourth-order valence-corrected chi connectivity index (χ4v) is 4.58. The molecular weight excluding hydrogens is 548 g/mol. The topological polar surface area (TPSA) is 238 Å². The summed E-state index contributed by atoms with van der Waals surface area (Å²) < 4.78 is 0. The molecule has 0 bridgehead atoms. The number of nitrogens with two attached hydrogens (primary N) is 2. The molecule has 230 valence electrons. The van der Waals surface area contributed by atoms with Crippen LogP contribution < -0.4 is 32.7 Å². The monoisotopic (exact) mass is 588 g/mol. The summed E-state index contributed by atoms with van der Waals surface area (Å²) in [6.45, 7) is 3.04. The van der Waals surface area contributed by atoms with E-state index in [0.29, 0.717) is 12.0 Å². The number of nitrogens with one attached hydrogen (secondary N) is 4. The van der Waals surface area contributed by atoms with Crippen LogP contribution in [0.25, 0.3) is 0 Å². The zero-order chi connectivity index (χ0) is 31.4. The molecule has 0 radical (unpaired) electrons. The van der Waals surface area contributed by atoms with Gasteiger partial charge in [-0.1, -0.05) is 44.2 Å². The highest BCUT2D eigenvalue weighted by Gasteiger charge is 2.37. The number of guanidine groups is 1. The van der Waals surface area contributed by atoms with E-state index >= 15 is 0 Å². The van der Waals surface area contributed by atoms with Crippen LogP contribution >= 0.6 is 0 Å². The number of amides is 5. The summed E-state index contributed by atoms with van der Waals surface area (Å²) in [6.07, 6.45) is -0.322. The molecule has 1 aliphatic rings. The number of carbonyl (C=O) groups is 6. The molecule has 1 saturated heterocycles. The molecule has 1 aromatic carbocycles. The van der Waals surface area contributed by atoms with Gasteiger partial charge in [0.2, 0.25) is 29.5 Å². The van der Waals surface area contributed by atoms with E-state index < -0.39 is 78.6 Å². The van der Waals surface area contributed by atoms with Crippen LogP contribution in [-0.2, 0) is 35.2 Å². The molecule has 1 heterocycles. The van der Waals surface area contributed by atoms with Crippen molar-refractivity contribution in [1.82, 2.24) is 26.2 Å². The second-order valence-electron chi connectivity index (χ2n) is 10.3. The maximum absolute atomic E-state index is 13.8. The number of hydrogen-bond donors (Lipinski definition) is 7. The Kier molecular flexibility index (Phi) is 12.7. The molecule has 9 N–H and O–H groups in total. The number of carbonyl (C=O) groups excluding carboxylic acids is 5. The van der Waals surface area contributed by atoms with Gasteiger partial charge >= 0.3 is 5.97 Å². The molecule has 0 spiro atoms. The van der Waals surface area contributed by atoms with Gasteiger partial charge in [0, 0.05) is 20.0 Å². The number of rotatable bonds is 9. The van der Waals surface area contributed by atoms with E-state index in [1.54, 1.807) is 44.2 Å². The zero-order valence-electron chi connectivity index (χ0n) is 24.0. The zero-order valence-corrected chi connectivity index (χ0v) is 24.0. The van der Waals surface area contributed by atoms with Gasteiger partial charge in [-0.15, -0.1) is 0 Å². The van der Waals surface area contributed by atoms with Crippen molar-refractivity contribution in [3.8, 4) is 0 Å². The predicted molar refractivity (Wildman–Crippen MR) is 153 cm³/mol. The lowest BCUT2D eigenvalue weighted by Crippen LogP contribution is -2.59. The fourth-order valence-electron chi connectivity index (χ4n) is 4.58. The van der Waals surface area contributed by atoms with Gasteiger partial charge in [0.15, 0.2) is 5.96 Å². The third-order valence-corrected chi connectivity index (χ3v) is 6.59. The Bertz CT molecular complexity index is 1170. The number of hydrogen-bond acceptors (Lipinski definition) is 7. The Balaban J connectivity index is 2.50. The van der Waals surface area contributed by atoms with E-state index in [-0.39, 0.29) is 25.3 Å². The Morgan fingerprint density at radius 1 is 0.976 bits per heavy atom. The summed E-state index contributed by atoms with van der Waals surface area (Å²) in [7, 11) is 1.42. The average Bonchev–Trinajstić information content (AvgIpc) is 2.91. The van der Waals surface area contributed by atoms with E-state index in [1.807, 2.05) is 0 Å². The first kappa shape index (κ1) is 33.5. The maximum atomic E-state index is 13.8. The molecule has 2 rings (SSSR count). The minimum absolute atomic E-state index is 0.0311. The van der Waals surface area contributed by atoms with E-state index in [1.165, 1.54) is 11.9 Å². The van der Waals surface area contributed by atoms with Crippen molar-refractivity contribution in [2.24, 2.45) is 22.4 Å². The number of carboxylic acids is 1. The number of likely N-dealkylation sites (N-methyl/N-ethyl adjacent to an activating group) is 1. The van der Waals surface area contributed by atoms with Gasteiger partial charge in [0.05, 0.1) is 13.0 Å². The van der Waals surface area contributed by atoms with Gasteiger partial charge in [-0.25, -0.2) is 0 Å². The normalized spacial score (nSPS) is 22.7. The predicted octanol–water partition coefficient (Wildman–Crippen LogP) is -2.18. The molecule has 1 unspecified atom stereocenters. The minimum atomic E-state index is -1.54. The smallest absolute Gasteiger partial charge is 0.305 e. The first-order chi connectivity index (χ1) is 19.8. The van der Waals surface area contributed by atoms with Crippen molar-refractivity contribution in [3.05, 3.63) is 35.9 Å². The first-order valence-electron chi connectivity index (χ1n) is 13.6. The number of aliphatic imine (C=N–C) groups is 1. The Hall–Kier alpha value is -4.69. The van der Waals surface area contributed by atoms with Crippen LogP contribution in [0.15, 0.2) is 35.3 Å².